The van der Waals surface area contributed by atoms with Gasteiger partial charge in [0.05, 0.1) is 18.5 Å². The molecule has 1 saturated carbocycles. The Kier molecular flexibility index (Phi) is 7.30. The van der Waals surface area contributed by atoms with Gasteiger partial charge in [0.2, 0.25) is 5.88 Å². The number of pyridine rings is 1. The fourth-order valence-electron chi connectivity index (χ4n) is 5.26. The van der Waals surface area contributed by atoms with Gasteiger partial charge in [-0.2, -0.15) is 0 Å². The molecular weight excluding hydrogens is 452 g/mol. The molecule has 0 spiro atoms. The first-order chi connectivity index (χ1) is 17.6. The number of hydrogen-bond acceptors (Lipinski definition) is 6. The number of benzene rings is 1. The number of methoxy groups -OCH3 is 1. The van der Waals surface area contributed by atoms with Crippen LogP contribution in [0.1, 0.15) is 63.4 Å². The maximum absolute atomic E-state index is 13.6. The number of hydrogen-bond donors (Lipinski definition) is 2. The standard InChI is InChI=1S/C28H34N6O2/c1-19-8-7-15-29-24-14-13-23(22-12-6-11-21(16-22)20-9-4-3-5-10-20)32-27(24)34(19)28(35)33-25-17-26(36-2)31-18-30-25/h6,11-14,16-20,29H,3-5,7-10,15H2,1-2H3,(H,30,31,33,35)/t19-/m1/s1. The zero-order valence-corrected chi connectivity index (χ0v) is 21.0. The van der Waals surface area contributed by atoms with Crippen LogP contribution >= 0.6 is 0 Å². The van der Waals surface area contributed by atoms with Crippen molar-refractivity contribution in [3.63, 3.8) is 0 Å². The van der Waals surface area contributed by atoms with E-state index in [9.17, 15) is 4.79 Å². The molecule has 188 valence electrons. The molecule has 1 aromatic carbocycles. The van der Waals surface area contributed by atoms with Crippen LogP contribution in [0.5, 0.6) is 5.88 Å². The van der Waals surface area contributed by atoms with Gasteiger partial charge in [0.1, 0.15) is 12.1 Å². The van der Waals surface area contributed by atoms with Gasteiger partial charge in [-0.25, -0.2) is 19.7 Å². The third-order valence-corrected chi connectivity index (χ3v) is 7.22. The maximum Gasteiger partial charge on any atom is 0.328 e. The minimum atomic E-state index is -0.284. The molecule has 2 N–H and O–H groups in total. The molecule has 0 radical (unpaired) electrons. The highest BCUT2D eigenvalue weighted by atomic mass is 16.5. The van der Waals surface area contributed by atoms with Crippen LogP contribution in [0.2, 0.25) is 0 Å². The quantitative estimate of drug-likeness (QED) is 0.454. The monoisotopic (exact) mass is 486 g/mol. The van der Waals surface area contributed by atoms with Crippen LogP contribution in [-0.4, -0.2) is 40.7 Å². The number of anilines is 3. The van der Waals surface area contributed by atoms with Crippen molar-refractivity contribution < 1.29 is 9.53 Å². The normalized spacial score (nSPS) is 18.4. The summed E-state index contributed by atoms with van der Waals surface area (Å²) in [5, 5.41) is 6.37. The topological polar surface area (TPSA) is 92.3 Å². The summed E-state index contributed by atoms with van der Waals surface area (Å²) in [6.45, 7) is 2.90. The fourth-order valence-corrected chi connectivity index (χ4v) is 5.26. The van der Waals surface area contributed by atoms with Crippen LogP contribution in [0, 0.1) is 0 Å². The molecule has 3 heterocycles. The Hall–Kier alpha value is -3.68. The molecule has 1 aliphatic heterocycles. The van der Waals surface area contributed by atoms with E-state index in [1.807, 2.05) is 12.1 Å². The molecule has 2 amide bonds. The lowest BCUT2D eigenvalue weighted by molar-refractivity contribution is 0.254. The molecule has 2 aliphatic rings. The number of aromatic nitrogens is 3. The summed E-state index contributed by atoms with van der Waals surface area (Å²) in [5.41, 5.74) is 4.18. The van der Waals surface area contributed by atoms with Crippen molar-refractivity contribution in [3.05, 3.63) is 54.4 Å². The van der Waals surface area contributed by atoms with Crippen molar-refractivity contribution in [1.82, 2.24) is 15.0 Å². The highest BCUT2D eigenvalue weighted by Crippen LogP contribution is 2.36. The van der Waals surface area contributed by atoms with Gasteiger partial charge in [-0.1, -0.05) is 37.5 Å². The van der Waals surface area contributed by atoms with Crippen LogP contribution < -0.4 is 20.3 Å². The van der Waals surface area contributed by atoms with Gasteiger partial charge in [-0.15, -0.1) is 0 Å². The van der Waals surface area contributed by atoms with E-state index in [-0.39, 0.29) is 12.1 Å². The zero-order valence-electron chi connectivity index (χ0n) is 21.0. The second-order valence-electron chi connectivity index (χ2n) is 9.69. The highest BCUT2D eigenvalue weighted by molar-refractivity contribution is 6.03. The van der Waals surface area contributed by atoms with Crippen molar-refractivity contribution in [3.8, 4) is 17.1 Å². The predicted octanol–water partition coefficient (Wildman–Crippen LogP) is 6.23. The van der Waals surface area contributed by atoms with E-state index in [1.165, 1.54) is 51.1 Å². The number of urea groups is 1. The second kappa shape index (κ2) is 10.9. The molecule has 1 aliphatic carbocycles. The Morgan fingerprint density at radius 3 is 2.75 bits per heavy atom. The Bertz CT molecular complexity index is 1210. The van der Waals surface area contributed by atoms with Crippen LogP contribution in [0.15, 0.2) is 48.8 Å². The average molecular weight is 487 g/mol. The first kappa shape index (κ1) is 24.0. The van der Waals surface area contributed by atoms with Crippen molar-refractivity contribution in [2.45, 2.75) is 63.8 Å². The molecule has 3 aromatic rings. The summed E-state index contributed by atoms with van der Waals surface area (Å²) in [4.78, 5) is 28.5. The molecule has 1 atom stereocenters. The smallest absolute Gasteiger partial charge is 0.328 e. The summed E-state index contributed by atoms with van der Waals surface area (Å²) in [5.74, 6) is 2.02. The van der Waals surface area contributed by atoms with Gasteiger partial charge in [-0.3, -0.25) is 10.2 Å². The van der Waals surface area contributed by atoms with Crippen LogP contribution in [0.4, 0.5) is 22.1 Å². The van der Waals surface area contributed by atoms with E-state index in [4.69, 9.17) is 9.72 Å². The highest BCUT2D eigenvalue weighted by Gasteiger charge is 2.28. The summed E-state index contributed by atoms with van der Waals surface area (Å²) in [6.07, 6.45) is 9.64. The second-order valence-corrected chi connectivity index (χ2v) is 9.69. The number of ether oxygens (including phenoxy) is 1. The Balaban J connectivity index is 1.48. The maximum atomic E-state index is 13.6. The predicted molar refractivity (Wildman–Crippen MR) is 143 cm³/mol. The Morgan fingerprint density at radius 2 is 1.92 bits per heavy atom. The van der Waals surface area contributed by atoms with Crippen LogP contribution in [-0.2, 0) is 0 Å². The lowest BCUT2D eigenvalue weighted by atomic mass is 9.83. The Labute approximate surface area is 212 Å². The first-order valence-corrected chi connectivity index (χ1v) is 12.9. The first-order valence-electron chi connectivity index (χ1n) is 12.9. The number of fused-ring (bicyclic) bond motifs is 1. The van der Waals surface area contributed by atoms with Crippen molar-refractivity contribution in [2.24, 2.45) is 0 Å². The van der Waals surface area contributed by atoms with Crippen LogP contribution in [0.3, 0.4) is 0 Å². The van der Waals surface area contributed by atoms with E-state index in [0.29, 0.717) is 23.4 Å². The van der Waals surface area contributed by atoms with E-state index in [1.54, 1.807) is 11.0 Å². The molecule has 2 aromatic heterocycles. The van der Waals surface area contributed by atoms with Gasteiger partial charge in [0.25, 0.3) is 0 Å². The van der Waals surface area contributed by atoms with Gasteiger partial charge in [0, 0.05) is 24.2 Å². The van der Waals surface area contributed by atoms with Crippen molar-refractivity contribution in [2.75, 3.05) is 29.2 Å². The fraction of sp³-hybridized carbons (Fsp3) is 0.429. The molecule has 0 saturated heterocycles. The molecule has 0 unspecified atom stereocenters. The van der Waals surface area contributed by atoms with Gasteiger partial charge < -0.3 is 10.1 Å². The van der Waals surface area contributed by atoms with Crippen molar-refractivity contribution >= 4 is 23.4 Å². The average Bonchev–Trinajstić information content (AvgIpc) is 2.91. The molecule has 8 heteroatoms. The van der Waals surface area contributed by atoms with Gasteiger partial charge in [-0.05, 0) is 62.3 Å². The largest absolute Gasteiger partial charge is 0.481 e. The molecule has 8 nitrogen and oxygen atoms in total. The summed E-state index contributed by atoms with van der Waals surface area (Å²) < 4.78 is 5.18. The minimum absolute atomic E-state index is 0.0362. The lowest BCUT2D eigenvalue weighted by Crippen LogP contribution is -2.43. The Morgan fingerprint density at radius 1 is 1.06 bits per heavy atom. The summed E-state index contributed by atoms with van der Waals surface area (Å²) in [7, 11) is 1.53. The number of carbonyl (C=O) groups excluding carboxylic acids is 1. The molecule has 0 bridgehead atoms. The summed E-state index contributed by atoms with van der Waals surface area (Å²) in [6, 6.07) is 14.1. The van der Waals surface area contributed by atoms with E-state index in [0.717, 1.165) is 36.3 Å². The minimum Gasteiger partial charge on any atom is -0.481 e. The zero-order chi connectivity index (χ0) is 24.9. The number of amides is 2. The number of nitrogens with one attached hydrogen (secondary N) is 2. The van der Waals surface area contributed by atoms with Crippen molar-refractivity contribution in [1.29, 1.82) is 0 Å². The SMILES string of the molecule is COc1cc(NC(=O)N2c3nc(-c4cccc(C5CCCCC5)c4)ccc3NCCC[C@H]2C)ncn1. The third kappa shape index (κ3) is 5.27. The lowest BCUT2D eigenvalue weighted by Gasteiger charge is -2.32. The number of carbonyl (C=O) groups is 1. The van der Waals surface area contributed by atoms with E-state index < -0.39 is 0 Å². The van der Waals surface area contributed by atoms with Gasteiger partial charge >= 0.3 is 6.03 Å². The molecule has 5 rings (SSSR count). The molecular formula is C28H34N6O2. The molecule has 36 heavy (non-hydrogen) atoms. The van der Waals surface area contributed by atoms with Crippen LogP contribution in [0.25, 0.3) is 11.3 Å². The molecule has 1 fully saturated rings. The number of nitrogens with zero attached hydrogens (tertiary/aromatic N) is 4. The third-order valence-electron chi connectivity index (χ3n) is 7.22. The van der Waals surface area contributed by atoms with Gasteiger partial charge in [0.15, 0.2) is 5.82 Å². The van der Waals surface area contributed by atoms with E-state index in [2.05, 4.69) is 51.8 Å². The number of rotatable bonds is 4. The summed E-state index contributed by atoms with van der Waals surface area (Å²) >= 11 is 0. The van der Waals surface area contributed by atoms with E-state index >= 15 is 0 Å².